The van der Waals surface area contributed by atoms with Crippen molar-refractivity contribution in [3.8, 4) is 0 Å². The largest absolute Gasteiger partial charge is 0.345 e. The number of halogens is 1. The molecule has 126 valence electrons. The number of anilines is 1. The molecule has 24 heavy (non-hydrogen) atoms. The van der Waals surface area contributed by atoms with Gasteiger partial charge < -0.3 is 14.8 Å². The van der Waals surface area contributed by atoms with Crippen LogP contribution in [-0.4, -0.2) is 35.4 Å². The number of hydrogen-bond acceptors (Lipinski definition) is 3. The third kappa shape index (κ3) is 4.45. The van der Waals surface area contributed by atoms with Gasteiger partial charge in [0.1, 0.15) is 0 Å². The maximum absolute atomic E-state index is 12.0. The summed E-state index contributed by atoms with van der Waals surface area (Å²) in [6.45, 7) is 0.280. The third-order valence-corrected chi connectivity index (χ3v) is 3.70. The zero-order chi connectivity index (χ0) is 17.7. The molecule has 2 amide bonds. The van der Waals surface area contributed by atoms with Gasteiger partial charge in [-0.25, -0.2) is 0 Å². The summed E-state index contributed by atoms with van der Waals surface area (Å²) in [6, 6.07) is 9.55. The van der Waals surface area contributed by atoms with Gasteiger partial charge in [0, 0.05) is 45.0 Å². The fraction of sp³-hybridized carbons (Fsp3) is 0.235. The van der Waals surface area contributed by atoms with E-state index in [1.807, 2.05) is 0 Å². The van der Waals surface area contributed by atoms with E-state index < -0.39 is 0 Å². The van der Waals surface area contributed by atoms with Crippen LogP contribution in [0.15, 0.2) is 47.4 Å². The molecule has 0 fully saturated rings. The molecule has 0 bridgehead atoms. The molecule has 0 aliphatic heterocycles. The van der Waals surface area contributed by atoms with Gasteiger partial charge in [0.2, 0.25) is 5.91 Å². The van der Waals surface area contributed by atoms with Crippen molar-refractivity contribution in [1.82, 2.24) is 9.47 Å². The average molecular weight is 348 g/mol. The van der Waals surface area contributed by atoms with Crippen LogP contribution in [0.5, 0.6) is 0 Å². The fourth-order valence-electron chi connectivity index (χ4n) is 2.10. The molecule has 1 aromatic heterocycles. The van der Waals surface area contributed by atoms with Gasteiger partial charge in [0.25, 0.3) is 11.5 Å². The topological polar surface area (TPSA) is 71.4 Å². The minimum atomic E-state index is -0.253. The number of carbonyl (C=O) groups is 2. The summed E-state index contributed by atoms with van der Waals surface area (Å²) in [4.78, 5) is 37.1. The number of nitrogens with one attached hydrogen (secondary N) is 1. The van der Waals surface area contributed by atoms with Crippen molar-refractivity contribution in [2.24, 2.45) is 0 Å². The Hall–Kier alpha value is -2.60. The Bertz CT molecular complexity index is 815. The molecular formula is C17H18ClN3O3. The van der Waals surface area contributed by atoms with Crippen molar-refractivity contribution >= 4 is 29.1 Å². The van der Waals surface area contributed by atoms with Gasteiger partial charge in [-0.15, -0.1) is 0 Å². The summed E-state index contributed by atoms with van der Waals surface area (Å²) in [5.41, 5.74) is 0.643. The number of rotatable bonds is 5. The molecule has 0 saturated heterocycles. The first-order valence-electron chi connectivity index (χ1n) is 7.35. The van der Waals surface area contributed by atoms with E-state index in [4.69, 9.17) is 11.6 Å². The lowest BCUT2D eigenvalue weighted by Crippen LogP contribution is -2.23. The molecule has 1 aromatic carbocycles. The summed E-state index contributed by atoms with van der Waals surface area (Å²) in [6.07, 6.45) is 1.77. The number of benzene rings is 1. The highest BCUT2D eigenvalue weighted by Crippen LogP contribution is 2.21. The molecule has 1 N–H and O–H groups in total. The number of nitrogens with zero attached hydrogens (tertiary/aromatic N) is 2. The van der Waals surface area contributed by atoms with Crippen LogP contribution in [-0.2, 0) is 11.3 Å². The highest BCUT2D eigenvalue weighted by molar-refractivity contribution is 6.34. The zero-order valence-electron chi connectivity index (χ0n) is 13.5. The van der Waals surface area contributed by atoms with Gasteiger partial charge in [0.15, 0.2) is 0 Å². The molecule has 2 rings (SSSR count). The Morgan fingerprint density at radius 3 is 2.62 bits per heavy atom. The summed E-state index contributed by atoms with van der Waals surface area (Å²) in [5, 5.41) is 3.03. The van der Waals surface area contributed by atoms with Crippen molar-refractivity contribution < 1.29 is 9.59 Å². The van der Waals surface area contributed by atoms with Crippen LogP contribution in [0.4, 0.5) is 5.69 Å². The van der Waals surface area contributed by atoms with E-state index in [1.165, 1.54) is 21.6 Å². The van der Waals surface area contributed by atoms with Gasteiger partial charge in [-0.2, -0.15) is 0 Å². The quantitative estimate of drug-likeness (QED) is 0.901. The molecule has 0 unspecified atom stereocenters. The van der Waals surface area contributed by atoms with Gasteiger partial charge in [-0.1, -0.05) is 17.7 Å². The number of pyridine rings is 1. The molecular weight excluding hydrogens is 330 g/mol. The van der Waals surface area contributed by atoms with E-state index in [0.717, 1.165) is 0 Å². The maximum Gasteiger partial charge on any atom is 0.254 e. The van der Waals surface area contributed by atoms with Crippen LogP contribution in [0.1, 0.15) is 16.8 Å². The predicted molar refractivity (Wildman–Crippen MR) is 93.4 cm³/mol. The second kappa shape index (κ2) is 7.79. The fourth-order valence-corrected chi connectivity index (χ4v) is 2.30. The second-order valence-electron chi connectivity index (χ2n) is 5.42. The molecule has 0 spiro atoms. The van der Waals surface area contributed by atoms with Crippen molar-refractivity contribution in [3.05, 3.63) is 63.5 Å². The third-order valence-electron chi connectivity index (χ3n) is 3.37. The summed E-state index contributed by atoms with van der Waals surface area (Å²) in [5.74, 6) is -0.497. The maximum atomic E-state index is 12.0. The van der Waals surface area contributed by atoms with Gasteiger partial charge in [0.05, 0.1) is 10.6 Å². The Morgan fingerprint density at radius 2 is 1.96 bits per heavy atom. The predicted octanol–water partition coefficient (Wildman–Crippen LogP) is 2.23. The summed E-state index contributed by atoms with van der Waals surface area (Å²) < 4.78 is 1.46. The summed E-state index contributed by atoms with van der Waals surface area (Å²) in [7, 11) is 3.25. The smallest absolute Gasteiger partial charge is 0.254 e. The number of aryl methyl sites for hydroxylation is 1. The van der Waals surface area contributed by atoms with Crippen molar-refractivity contribution in [1.29, 1.82) is 0 Å². The van der Waals surface area contributed by atoms with Crippen LogP contribution >= 0.6 is 11.6 Å². The molecule has 0 radical (unpaired) electrons. The van der Waals surface area contributed by atoms with Crippen LogP contribution < -0.4 is 10.9 Å². The Labute approximate surface area is 144 Å². The molecule has 0 aliphatic rings. The normalized spacial score (nSPS) is 10.3. The van der Waals surface area contributed by atoms with Crippen molar-refractivity contribution in [2.75, 3.05) is 19.4 Å². The van der Waals surface area contributed by atoms with Crippen LogP contribution in [0.25, 0.3) is 0 Å². The van der Waals surface area contributed by atoms with E-state index in [-0.39, 0.29) is 30.3 Å². The summed E-state index contributed by atoms with van der Waals surface area (Å²) >= 11 is 6.03. The monoisotopic (exact) mass is 347 g/mol. The van der Waals surface area contributed by atoms with Gasteiger partial charge in [-0.05, 0) is 24.3 Å². The van der Waals surface area contributed by atoms with E-state index in [0.29, 0.717) is 16.3 Å². The molecule has 0 saturated carbocycles. The SMILES string of the molecule is CN(C)C(=O)c1cc(NC(=O)CCn2ccccc2=O)ccc1Cl. The number of amides is 2. The molecule has 6 nitrogen and oxygen atoms in total. The van der Waals surface area contributed by atoms with E-state index >= 15 is 0 Å². The van der Waals surface area contributed by atoms with Crippen LogP contribution in [0, 0.1) is 0 Å². The molecule has 1 heterocycles. The second-order valence-corrected chi connectivity index (χ2v) is 5.83. The Balaban J connectivity index is 2.04. The molecule has 2 aromatic rings. The highest BCUT2D eigenvalue weighted by Gasteiger charge is 2.14. The van der Waals surface area contributed by atoms with E-state index in [2.05, 4.69) is 5.32 Å². The van der Waals surface area contributed by atoms with Crippen molar-refractivity contribution in [3.63, 3.8) is 0 Å². The number of aromatic nitrogens is 1. The lowest BCUT2D eigenvalue weighted by atomic mass is 10.1. The minimum Gasteiger partial charge on any atom is -0.345 e. The first-order valence-corrected chi connectivity index (χ1v) is 7.73. The number of hydrogen-bond donors (Lipinski definition) is 1. The number of carbonyl (C=O) groups excluding carboxylic acids is 2. The Morgan fingerprint density at radius 1 is 1.21 bits per heavy atom. The molecule has 0 atom stereocenters. The van der Waals surface area contributed by atoms with E-state index in [1.54, 1.807) is 44.6 Å². The minimum absolute atomic E-state index is 0.142. The lowest BCUT2D eigenvalue weighted by Gasteiger charge is -2.13. The average Bonchev–Trinajstić information content (AvgIpc) is 2.55. The molecule has 0 aliphatic carbocycles. The zero-order valence-corrected chi connectivity index (χ0v) is 14.2. The Kier molecular flexibility index (Phi) is 5.76. The van der Waals surface area contributed by atoms with Gasteiger partial charge in [-0.3, -0.25) is 14.4 Å². The highest BCUT2D eigenvalue weighted by atomic mass is 35.5. The first kappa shape index (κ1) is 17.7. The van der Waals surface area contributed by atoms with Gasteiger partial charge >= 0.3 is 0 Å². The lowest BCUT2D eigenvalue weighted by molar-refractivity contribution is -0.116. The van der Waals surface area contributed by atoms with Crippen LogP contribution in [0.3, 0.4) is 0 Å². The van der Waals surface area contributed by atoms with Crippen LogP contribution in [0.2, 0.25) is 5.02 Å². The molecule has 7 heteroatoms. The van der Waals surface area contributed by atoms with Crippen molar-refractivity contribution in [2.45, 2.75) is 13.0 Å². The standard InChI is InChI=1S/C17H18ClN3O3/c1-20(2)17(24)13-11-12(6-7-14(13)18)19-15(22)8-10-21-9-4-3-5-16(21)23/h3-7,9,11H,8,10H2,1-2H3,(H,19,22). The first-order chi connectivity index (χ1) is 11.4. The van der Waals surface area contributed by atoms with E-state index in [9.17, 15) is 14.4 Å².